The lowest BCUT2D eigenvalue weighted by Crippen LogP contribution is -2.38. The molecule has 2 aromatic carbocycles. The van der Waals surface area contributed by atoms with Crippen molar-refractivity contribution in [2.24, 2.45) is 0 Å². The zero-order chi connectivity index (χ0) is 27.2. The van der Waals surface area contributed by atoms with Gasteiger partial charge in [-0.1, -0.05) is 24.3 Å². The van der Waals surface area contributed by atoms with Gasteiger partial charge in [0.1, 0.15) is 18.1 Å². The summed E-state index contributed by atoms with van der Waals surface area (Å²) in [6, 6.07) is 17.8. The molecule has 2 aliphatic heterocycles. The van der Waals surface area contributed by atoms with Crippen LogP contribution in [0.25, 0.3) is 5.76 Å². The minimum absolute atomic E-state index is 0.0890. The molecule has 0 aliphatic carbocycles. The predicted molar refractivity (Wildman–Crippen MR) is 147 cm³/mol. The average Bonchev–Trinajstić information content (AvgIpc) is 3.23. The predicted octanol–water partition coefficient (Wildman–Crippen LogP) is 4.11. The molecule has 39 heavy (non-hydrogen) atoms. The zero-order valence-corrected chi connectivity index (χ0v) is 22.1. The lowest BCUT2D eigenvalue weighted by molar-refractivity contribution is -0.140. The SMILES string of the molecule is Cc1ccccc1COc1ccc(/C(O)=C2\C(=O)C(=O)N(CCCN3CCOCC3)[C@@H]2c2ccncc2)cc1. The van der Waals surface area contributed by atoms with Crippen molar-refractivity contribution in [1.82, 2.24) is 14.8 Å². The highest BCUT2D eigenvalue weighted by Gasteiger charge is 2.45. The van der Waals surface area contributed by atoms with E-state index in [1.54, 1.807) is 53.7 Å². The van der Waals surface area contributed by atoms with E-state index in [9.17, 15) is 14.7 Å². The number of rotatable bonds is 9. The molecule has 202 valence electrons. The Morgan fingerprint density at radius 2 is 1.72 bits per heavy atom. The van der Waals surface area contributed by atoms with Crippen molar-refractivity contribution < 1.29 is 24.2 Å². The maximum absolute atomic E-state index is 13.3. The first-order valence-electron chi connectivity index (χ1n) is 13.3. The van der Waals surface area contributed by atoms with Gasteiger partial charge in [-0.3, -0.25) is 19.5 Å². The molecule has 1 atom stereocenters. The van der Waals surface area contributed by atoms with E-state index in [4.69, 9.17) is 9.47 Å². The van der Waals surface area contributed by atoms with Crippen LogP contribution in [0.15, 0.2) is 78.6 Å². The molecule has 0 unspecified atom stereocenters. The van der Waals surface area contributed by atoms with Crippen molar-refractivity contribution in [3.05, 3.63) is 101 Å². The minimum atomic E-state index is -0.685. The van der Waals surface area contributed by atoms with Crippen LogP contribution in [0.4, 0.5) is 0 Å². The first kappa shape index (κ1) is 26.6. The van der Waals surface area contributed by atoms with Gasteiger partial charge in [-0.05, 0) is 66.4 Å². The maximum atomic E-state index is 13.3. The van der Waals surface area contributed by atoms with E-state index < -0.39 is 17.7 Å². The van der Waals surface area contributed by atoms with E-state index in [0.29, 0.717) is 44.1 Å². The molecule has 8 heteroatoms. The molecule has 3 heterocycles. The summed E-state index contributed by atoms with van der Waals surface area (Å²) in [5, 5.41) is 11.3. The monoisotopic (exact) mass is 527 g/mol. The summed E-state index contributed by atoms with van der Waals surface area (Å²) < 4.78 is 11.3. The number of aliphatic hydroxyl groups excluding tert-OH is 1. The van der Waals surface area contributed by atoms with Crippen LogP contribution in [0.3, 0.4) is 0 Å². The normalized spacial score (nSPS) is 19.4. The summed E-state index contributed by atoms with van der Waals surface area (Å²) in [6.07, 6.45) is 3.97. The number of aryl methyl sites for hydroxylation is 1. The third-order valence-electron chi connectivity index (χ3n) is 7.32. The summed E-state index contributed by atoms with van der Waals surface area (Å²) in [7, 11) is 0. The topological polar surface area (TPSA) is 92.2 Å². The number of morpholine rings is 1. The number of Topliss-reactive ketones (excluding diaryl/α,β-unsaturated/α-hetero) is 1. The van der Waals surface area contributed by atoms with Crippen molar-refractivity contribution in [2.75, 3.05) is 39.4 Å². The number of benzene rings is 2. The van der Waals surface area contributed by atoms with Gasteiger partial charge in [0.2, 0.25) is 0 Å². The maximum Gasteiger partial charge on any atom is 0.295 e. The van der Waals surface area contributed by atoms with Crippen LogP contribution in [0.2, 0.25) is 0 Å². The summed E-state index contributed by atoms with van der Waals surface area (Å²) in [5.74, 6) is -0.834. The fourth-order valence-corrected chi connectivity index (χ4v) is 5.09. The number of amides is 1. The average molecular weight is 528 g/mol. The molecule has 0 saturated carbocycles. The smallest absolute Gasteiger partial charge is 0.295 e. The van der Waals surface area contributed by atoms with Crippen LogP contribution in [-0.4, -0.2) is 71.0 Å². The van der Waals surface area contributed by atoms with Crippen molar-refractivity contribution in [3.63, 3.8) is 0 Å². The molecule has 8 nitrogen and oxygen atoms in total. The number of carbonyl (C=O) groups is 2. The Morgan fingerprint density at radius 3 is 2.44 bits per heavy atom. The molecule has 0 spiro atoms. The third kappa shape index (κ3) is 6.02. The molecule has 2 fully saturated rings. The molecule has 2 aliphatic rings. The molecule has 5 rings (SSSR count). The number of carbonyl (C=O) groups excluding carboxylic acids is 2. The van der Waals surface area contributed by atoms with Gasteiger partial charge in [-0.15, -0.1) is 0 Å². The first-order chi connectivity index (χ1) is 19.0. The number of pyridine rings is 1. The summed E-state index contributed by atoms with van der Waals surface area (Å²) >= 11 is 0. The Bertz CT molecular complexity index is 1330. The Morgan fingerprint density at radius 1 is 1.00 bits per heavy atom. The van der Waals surface area contributed by atoms with Crippen LogP contribution in [0.5, 0.6) is 5.75 Å². The van der Waals surface area contributed by atoms with Crippen LogP contribution in [0, 0.1) is 6.92 Å². The van der Waals surface area contributed by atoms with Gasteiger partial charge in [0, 0.05) is 44.1 Å². The lowest BCUT2D eigenvalue weighted by atomic mass is 9.96. The van der Waals surface area contributed by atoms with Crippen LogP contribution < -0.4 is 4.74 Å². The number of aromatic nitrogens is 1. The van der Waals surface area contributed by atoms with Crippen molar-refractivity contribution in [3.8, 4) is 5.75 Å². The number of hydrogen-bond acceptors (Lipinski definition) is 7. The summed E-state index contributed by atoms with van der Waals surface area (Å²) in [6.45, 7) is 6.80. The van der Waals surface area contributed by atoms with Crippen LogP contribution in [-0.2, 0) is 20.9 Å². The van der Waals surface area contributed by atoms with Gasteiger partial charge in [-0.2, -0.15) is 0 Å². The number of nitrogens with zero attached hydrogens (tertiary/aromatic N) is 3. The van der Waals surface area contributed by atoms with E-state index in [1.165, 1.54) is 0 Å². The summed E-state index contributed by atoms with van der Waals surface area (Å²) in [4.78, 5) is 34.4. The second-order valence-electron chi connectivity index (χ2n) is 9.82. The Labute approximate surface area is 228 Å². The second-order valence-corrected chi connectivity index (χ2v) is 9.82. The van der Waals surface area contributed by atoms with Crippen LogP contribution >= 0.6 is 0 Å². The largest absolute Gasteiger partial charge is 0.507 e. The molecule has 2 saturated heterocycles. The van der Waals surface area contributed by atoms with Gasteiger partial charge in [0.25, 0.3) is 11.7 Å². The number of aliphatic hydroxyl groups is 1. The van der Waals surface area contributed by atoms with Gasteiger partial charge < -0.3 is 19.5 Å². The third-order valence-corrected chi connectivity index (χ3v) is 7.32. The van der Waals surface area contributed by atoms with Gasteiger partial charge in [0.05, 0.1) is 24.8 Å². The van der Waals surface area contributed by atoms with E-state index >= 15 is 0 Å². The molecule has 0 radical (unpaired) electrons. The number of ether oxygens (including phenoxy) is 2. The fourth-order valence-electron chi connectivity index (χ4n) is 5.09. The van der Waals surface area contributed by atoms with Gasteiger partial charge in [-0.25, -0.2) is 0 Å². The molecule has 0 bridgehead atoms. The lowest BCUT2D eigenvalue weighted by Gasteiger charge is -2.29. The molecule has 1 aromatic heterocycles. The minimum Gasteiger partial charge on any atom is -0.507 e. The number of likely N-dealkylation sites (tertiary alicyclic amines) is 1. The van der Waals surface area contributed by atoms with E-state index in [-0.39, 0.29) is 11.3 Å². The highest BCUT2D eigenvalue weighted by Crippen LogP contribution is 2.39. The summed E-state index contributed by atoms with van der Waals surface area (Å²) in [5.41, 5.74) is 3.51. The highest BCUT2D eigenvalue weighted by atomic mass is 16.5. The van der Waals surface area contributed by atoms with E-state index in [1.807, 2.05) is 31.2 Å². The second kappa shape index (κ2) is 12.2. The first-order valence-corrected chi connectivity index (χ1v) is 13.3. The quantitative estimate of drug-likeness (QED) is 0.254. The van der Waals surface area contributed by atoms with Crippen molar-refractivity contribution in [2.45, 2.75) is 26.0 Å². The highest BCUT2D eigenvalue weighted by molar-refractivity contribution is 6.46. The zero-order valence-electron chi connectivity index (χ0n) is 22.1. The Balaban J connectivity index is 1.36. The molecule has 1 amide bonds. The standard InChI is InChI=1S/C31H33N3O5/c1-22-5-2-3-6-25(22)21-39-26-9-7-24(8-10-26)29(35)27-28(23-11-13-32-14-12-23)34(31(37)30(27)36)16-4-15-33-17-19-38-20-18-33/h2-3,5-14,28,35H,4,15-21H2,1H3/b29-27+/t28-/m1/s1. The van der Waals surface area contributed by atoms with E-state index in [2.05, 4.69) is 9.88 Å². The molecular weight excluding hydrogens is 494 g/mol. The van der Waals surface area contributed by atoms with Gasteiger partial charge >= 0.3 is 0 Å². The van der Waals surface area contributed by atoms with E-state index in [0.717, 1.165) is 36.3 Å². The Hall–Kier alpha value is -4.01. The molecular formula is C31H33N3O5. The van der Waals surface area contributed by atoms with Gasteiger partial charge in [0.15, 0.2) is 0 Å². The number of hydrogen-bond donors (Lipinski definition) is 1. The molecule has 3 aromatic rings. The fraction of sp³-hybridized carbons (Fsp3) is 0.323. The number of ketones is 1. The molecule has 1 N–H and O–H groups in total. The van der Waals surface area contributed by atoms with Crippen LogP contribution in [0.1, 0.15) is 34.7 Å². The van der Waals surface area contributed by atoms with Crippen molar-refractivity contribution in [1.29, 1.82) is 0 Å². The Kier molecular flexibility index (Phi) is 8.34. The van der Waals surface area contributed by atoms with Crippen molar-refractivity contribution >= 4 is 17.4 Å².